The molecule has 0 aliphatic rings. The van der Waals surface area contributed by atoms with E-state index in [1.807, 2.05) is 25.1 Å². The van der Waals surface area contributed by atoms with Crippen molar-refractivity contribution >= 4 is 0 Å². The summed E-state index contributed by atoms with van der Waals surface area (Å²) in [6, 6.07) is 5.76. The molecule has 0 fully saturated rings. The average molecular weight is 246 g/mol. The van der Waals surface area contributed by atoms with Crippen LogP contribution in [0.1, 0.15) is 24.6 Å². The van der Waals surface area contributed by atoms with Gasteiger partial charge in [0.1, 0.15) is 0 Å². The lowest BCUT2D eigenvalue weighted by Gasteiger charge is -2.08. The zero-order valence-electron chi connectivity index (χ0n) is 10.7. The number of aryl methyl sites for hydroxylation is 1. The summed E-state index contributed by atoms with van der Waals surface area (Å²) in [5.41, 5.74) is 2.00. The Balaban J connectivity index is 2.07. The van der Waals surface area contributed by atoms with Crippen LogP contribution in [0.3, 0.4) is 0 Å². The number of pyridine rings is 1. The van der Waals surface area contributed by atoms with Gasteiger partial charge >= 0.3 is 0 Å². The Morgan fingerprint density at radius 1 is 1.44 bits per heavy atom. The van der Waals surface area contributed by atoms with Gasteiger partial charge in [-0.15, -0.1) is 5.10 Å². The fourth-order valence-corrected chi connectivity index (χ4v) is 1.59. The zero-order valence-corrected chi connectivity index (χ0v) is 10.7. The zero-order chi connectivity index (χ0) is 12.8. The summed E-state index contributed by atoms with van der Waals surface area (Å²) in [6.07, 6.45) is 2.83. The minimum Gasteiger partial charge on any atom is -0.419 e. The van der Waals surface area contributed by atoms with E-state index in [2.05, 4.69) is 27.4 Å². The molecule has 96 valence electrons. The van der Waals surface area contributed by atoms with Gasteiger partial charge in [-0.1, -0.05) is 13.0 Å². The van der Waals surface area contributed by atoms with Crippen LogP contribution in [-0.2, 0) is 6.54 Å². The van der Waals surface area contributed by atoms with E-state index in [-0.39, 0.29) is 0 Å². The van der Waals surface area contributed by atoms with Crippen LogP contribution in [0.15, 0.2) is 24.4 Å². The maximum Gasteiger partial charge on any atom is 0.240 e. The molecule has 2 heterocycles. The summed E-state index contributed by atoms with van der Waals surface area (Å²) in [4.78, 5) is 4.25. The Hall–Kier alpha value is -1.88. The van der Waals surface area contributed by atoms with Gasteiger partial charge in [-0.3, -0.25) is 5.10 Å². The Labute approximate surface area is 107 Å². The number of nitrogens with zero attached hydrogens (tertiary/aromatic N) is 2. The van der Waals surface area contributed by atoms with Crippen molar-refractivity contribution in [3.8, 4) is 11.8 Å². The fraction of sp³-hybridized carbons (Fsp3) is 0.385. The van der Waals surface area contributed by atoms with Crippen LogP contribution >= 0.6 is 0 Å². The predicted octanol–water partition coefficient (Wildman–Crippen LogP) is 2.41. The quantitative estimate of drug-likeness (QED) is 0.768. The molecule has 5 nitrogen and oxygen atoms in total. The highest BCUT2D eigenvalue weighted by Gasteiger charge is 2.07. The molecule has 0 saturated carbocycles. The third kappa shape index (κ3) is 3.30. The number of ether oxygens (including phenoxy) is 1. The van der Waals surface area contributed by atoms with Crippen molar-refractivity contribution in [1.82, 2.24) is 20.5 Å². The van der Waals surface area contributed by atoms with Crippen LogP contribution < -0.4 is 10.1 Å². The molecule has 0 aliphatic carbocycles. The number of hydrogen-bond acceptors (Lipinski definition) is 4. The highest BCUT2D eigenvalue weighted by atomic mass is 16.5. The highest BCUT2D eigenvalue weighted by molar-refractivity contribution is 5.29. The third-order valence-electron chi connectivity index (χ3n) is 2.48. The van der Waals surface area contributed by atoms with Gasteiger partial charge in [0, 0.05) is 30.1 Å². The number of rotatable bonds is 6. The van der Waals surface area contributed by atoms with Crippen LogP contribution in [0.5, 0.6) is 11.8 Å². The van der Waals surface area contributed by atoms with E-state index < -0.39 is 0 Å². The molecule has 0 saturated heterocycles. The van der Waals surface area contributed by atoms with Crippen LogP contribution in [-0.4, -0.2) is 21.7 Å². The smallest absolute Gasteiger partial charge is 0.240 e. The lowest BCUT2D eigenvalue weighted by Crippen LogP contribution is -2.14. The summed E-state index contributed by atoms with van der Waals surface area (Å²) in [5.74, 6) is 1.15. The number of nitrogens with one attached hydrogen (secondary N) is 2. The monoisotopic (exact) mass is 246 g/mol. The number of H-pyrrole nitrogens is 1. The Kier molecular flexibility index (Phi) is 4.30. The van der Waals surface area contributed by atoms with E-state index >= 15 is 0 Å². The van der Waals surface area contributed by atoms with Crippen molar-refractivity contribution in [2.75, 3.05) is 6.54 Å². The number of hydrogen-bond donors (Lipinski definition) is 2. The van der Waals surface area contributed by atoms with Crippen LogP contribution in [0, 0.1) is 6.92 Å². The van der Waals surface area contributed by atoms with Crippen LogP contribution in [0.4, 0.5) is 0 Å². The van der Waals surface area contributed by atoms with Gasteiger partial charge < -0.3 is 10.1 Å². The van der Waals surface area contributed by atoms with Gasteiger partial charge in [0.05, 0.1) is 0 Å². The number of aromatic nitrogens is 3. The van der Waals surface area contributed by atoms with E-state index in [1.54, 1.807) is 6.20 Å². The van der Waals surface area contributed by atoms with Crippen molar-refractivity contribution in [3.05, 3.63) is 35.7 Å². The van der Waals surface area contributed by atoms with E-state index in [0.29, 0.717) is 11.8 Å². The Morgan fingerprint density at radius 2 is 2.33 bits per heavy atom. The molecular weight excluding hydrogens is 228 g/mol. The topological polar surface area (TPSA) is 62.8 Å². The van der Waals surface area contributed by atoms with E-state index in [0.717, 1.165) is 30.8 Å². The minimum atomic E-state index is 0.544. The van der Waals surface area contributed by atoms with E-state index in [1.165, 1.54) is 0 Å². The largest absolute Gasteiger partial charge is 0.419 e. The van der Waals surface area contributed by atoms with E-state index in [9.17, 15) is 0 Å². The molecule has 0 radical (unpaired) electrons. The maximum absolute atomic E-state index is 5.67. The molecule has 0 bridgehead atoms. The third-order valence-corrected chi connectivity index (χ3v) is 2.48. The molecule has 0 spiro atoms. The lowest BCUT2D eigenvalue weighted by molar-refractivity contribution is 0.434. The van der Waals surface area contributed by atoms with Crippen molar-refractivity contribution < 1.29 is 4.74 Å². The Morgan fingerprint density at radius 3 is 3.06 bits per heavy atom. The van der Waals surface area contributed by atoms with Gasteiger partial charge in [-0.2, -0.15) is 0 Å². The van der Waals surface area contributed by atoms with Crippen molar-refractivity contribution in [3.63, 3.8) is 0 Å². The highest BCUT2D eigenvalue weighted by Crippen LogP contribution is 2.21. The molecule has 18 heavy (non-hydrogen) atoms. The van der Waals surface area contributed by atoms with Crippen LogP contribution in [0.2, 0.25) is 0 Å². The molecule has 0 aliphatic heterocycles. The van der Waals surface area contributed by atoms with Crippen LogP contribution in [0.25, 0.3) is 0 Å². The van der Waals surface area contributed by atoms with E-state index in [4.69, 9.17) is 4.74 Å². The van der Waals surface area contributed by atoms with Gasteiger partial charge in [0.2, 0.25) is 11.8 Å². The second kappa shape index (κ2) is 6.16. The van der Waals surface area contributed by atoms with Crippen molar-refractivity contribution in [2.45, 2.75) is 26.8 Å². The normalized spacial score (nSPS) is 10.6. The summed E-state index contributed by atoms with van der Waals surface area (Å²) in [7, 11) is 0. The van der Waals surface area contributed by atoms with Gasteiger partial charge in [-0.25, -0.2) is 4.98 Å². The first-order chi connectivity index (χ1) is 8.79. The summed E-state index contributed by atoms with van der Waals surface area (Å²) in [6.45, 7) is 5.80. The molecule has 2 aromatic rings. The SMILES string of the molecule is CCCNCc1cccnc1Oc1cc(C)[nH]n1. The van der Waals surface area contributed by atoms with Gasteiger partial charge in [0.25, 0.3) is 0 Å². The second-order valence-electron chi connectivity index (χ2n) is 4.14. The number of aromatic amines is 1. The molecule has 2 rings (SSSR count). The predicted molar refractivity (Wildman–Crippen MR) is 69.6 cm³/mol. The molecule has 2 aromatic heterocycles. The lowest BCUT2D eigenvalue weighted by atomic mass is 10.2. The average Bonchev–Trinajstić information content (AvgIpc) is 2.77. The summed E-state index contributed by atoms with van der Waals surface area (Å²) in [5, 5.41) is 10.2. The second-order valence-corrected chi connectivity index (χ2v) is 4.14. The summed E-state index contributed by atoms with van der Waals surface area (Å²) >= 11 is 0. The molecule has 5 heteroatoms. The molecular formula is C13H18N4O. The molecule has 0 aromatic carbocycles. The van der Waals surface area contributed by atoms with Gasteiger partial charge in [0.15, 0.2) is 0 Å². The molecule has 0 amide bonds. The molecule has 2 N–H and O–H groups in total. The molecule has 0 unspecified atom stereocenters. The standard InChI is InChI=1S/C13H18N4O/c1-3-6-14-9-11-5-4-7-15-13(11)18-12-8-10(2)16-17-12/h4-5,7-8,14H,3,6,9H2,1-2H3,(H,16,17). The first-order valence-electron chi connectivity index (χ1n) is 6.14. The first kappa shape index (κ1) is 12.6. The minimum absolute atomic E-state index is 0.544. The fourth-order valence-electron chi connectivity index (χ4n) is 1.59. The van der Waals surface area contributed by atoms with Crippen molar-refractivity contribution in [2.24, 2.45) is 0 Å². The van der Waals surface area contributed by atoms with Gasteiger partial charge in [-0.05, 0) is 26.0 Å². The maximum atomic E-state index is 5.67. The first-order valence-corrected chi connectivity index (χ1v) is 6.14. The summed E-state index contributed by atoms with van der Waals surface area (Å²) < 4.78 is 5.67. The van der Waals surface area contributed by atoms with Crippen molar-refractivity contribution in [1.29, 1.82) is 0 Å². The Bertz CT molecular complexity index is 495. The molecule has 0 atom stereocenters.